The fourth-order valence-corrected chi connectivity index (χ4v) is 3.35. The molecular weight excluding hydrogens is 278 g/mol. The van der Waals surface area contributed by atoms with Gasteiger partial charge in [0.1, 0.15) is 0 Å². The average Bonchev–Trinajstić information content (AvgIpc) is 2.95. The third kappa shape index (κ3) is 2.93. The van der Waals surface area contributed by atoms with Crippen LogP contribution in [0, 0.1) is 6.92 Å². The average molecular weight is 289 g/mol. The minimum Gasteiger partial charge on any atom is -0.391 e. The fraction of sp³-hybridized carbons (Fsp3) is 0.333. The van der Waals surface area contributed by atoms with E-state index >= 15 is 0 Å². The van der Waals surface area contributed by atoms with Gasteiger partial charge in [0.05, 0.1) is 18.0 Å². The summed E-state index contributed by atoms with van der Waals surface area (Å²) in [4.78, 5) is 4.60. The predicted molar refractivity (Wildman–Crippen MR) is 63.3 cm³/mol. The zero-order chi connectivity index (χ0) is 13.2. The van der Waals surface area contributed by atoms with E-state index < -0.39 is 10.0 Å². The van der Waals surface area contributed by atoms with Crippen molar-refractivity contribution in [3.63, 3.8) is 0 Å². The van der Waals surface area contributed by atoms with Crippen LogP contribution < -0.4 is 4.72 Å². The first-order chi connectivity index (χ1) is 8.51. The van der Waals surface area contributed by atoms with Crippen LogP contribution in [0.15, 0.2) is 20.9 Å². The summed E-state index contributed by atoms with van der Waals surface area (Å²) in [5.74, 6) is 0.649. The van der Waals surface area contributed by atoms with E-state index in [2.05, 4.69) is 14.9 Å². The zero-order valence-corrected chi connectivity index (χ0v) is 11.1. The van der Waals surface area contributed by atoms with E-state index in [0.717, 1.165) is 0 Å². The molecule has 2 aromatic rings. The van der Waals surface area contributed by atoms with Gasteiger partial charge in [0.15, 0.2) is 5.82 Å². The molecule has 0 amide bonds. The number of aliphatic hydroxyl groups is 1. The van der Waals surface area contributed by atoms with Crippen molar-refractivity contribution < 1.29 is 18.0 Å². The number of hydrogen-bond acceptors (Lipinski definition) is 7. The van der Waals surface area contributed by atoms with Crippen molar-refractivity contribution in [2.75, 3.05) is 0 Å². The number of sulfonamides is 1. The number of aliphatic hydroxyl groups excluding tert-OH is 1. The van der Waals surface area contributed by atoms with Crippen molar-refractivity contribution >= 4 is 21.4 Å². The van der Waals surface area contributed by atoms with Gasteiger partial charge < -0.3 is 9.63 Å². The predicted octanol–water partition coefficient (Wildman–Crippen LogP) is 0.410. The highest BCUT2D eigenvalue weighted by Gasteiger charge is 2.17. The van der Waals surface area contributed by atoms with Crippen LogP contribution in [0.1, 0.15) is 16.6 Å². The molecule has 0 fully saturated rings. The molecule has 2 aromatic heterocycles. The summed E-state index contributed by atoms with van der Waals surface area (Å²) >= 11 is 1.18. The van der Waals surface area contributed by atoms with Crippen LogP contribution in [-0.4, -0.2) is 23.7 Å². The van der Waals surface area contributed by atoms with Crippen molar-refractivity contribution in [3.05, 3.63) is 28.0 Å². The van der Waals surface area contributed by atoms with Crippen LogP contribution in [0.2, 0.25) is 0 Å². The molecule has 0 radical (unpaired) electrons. The second-order valence-electron chi connectivity index (χ2n) is 3.46. The molecule has 0 spiro atoms. The van der Waals surface area contributed by atoms with Crippen LogP contribution in [0.3, 0.4) is 0 Å². The van der Waals surface area contributed by atoms with Crippen LogP contribution in [0.5, 0.6) is 0 Å². The summed E-state index contributed by atoms with van der Waals surface area (Å²) in [5.41, 5.74) is 0. The van der Waals surface area contributed by atoms with Gasteiger partial charge in [-0.3, -0.25) is 0 Å². The van der Waals surface area contributed by atoms with E-state index in [9.17, 15) is 8.42 Å². The molecule has 9 heteroatoms. The molecule has 0 atom stereocenters. The molecule has 2 heterocycles. The minimum absolute atomic E-state index is 0.0377. The Labute approximate surface area is 108 Å². The zero-order valence-electron chi connectivity index (χ0n) is 9.45. The lowest BCUT2D eigenvalue weighted by molar-refractivity contribution is 0.285. The molecular formula is C9H11N3O4S2. The topological polar surface area (TPSA) is 105 Å². The molecule has 0 aliphatic heterocycles. The number of rotatable bonds is 5. The molecule has 98 valence electrons. The Bertz CT molecular complexity index is 632. The quantitative estimate of drug-likeness (QED) is 0.826. The number of thiophene rings is 1. The summed E-state index contributed by atoms with van der Waals surface area (Å²) < 4.78 is 30.8. The van der Waals surface area contributed by atoms with Crippen molar-refractivity contribution in [3.8, 4) is 0 Å². The molecule has 2 N–H and O–H groups in total. The highest BCUT2D eigenvalue weighted by Crippen LogP contribution is 2.19. The van der Waals surface area contributed by atoms with Gasteiger partial charge in [-0.15, -0.1) is 11.3 Å². The van der Waals surface area contributed by atoms with Gasteiger partial charge in [-0.1, -0.05) is 5.16 Å². The molecule has 7 nitrogen and oxygen atoms in total. The Morgan fingerprint density at radius 3 is 2.89 bits per heavy atom. The van der Waals surface area contributed by atoms with E-state index in [1.54, 1.807) is 6.92 Å². The minimum atomic E-state index is -3.61. The van der Waals surface area contributed by atoms with Crippen molar-refractivity contribution in [1.29, 1.82) is 0 Å². The maximum atomic E-state index is 11.9. The molecule has 0 aliphatic rings. The van der Waals surface area contributed by atoms with E-state index in [1.807, 2.05) is 0 Å². The number of nitrogens with one attached hydrogen (secondary N) is 1. The van der Waals surface area contributed by atoms with Gasteiger partial charge >= 0.3 is 0 Å². The second-order valence-corrected chi connectivity index (χ2v) is 6.22. The van der Waals surface area contributed by atoms with Gasteiger partial charge in [-0.05, 0) is 6.07 Å². The monoisotopic (exact) mass is 289 g/mol. The van der Waals surface area contributed by atoms with Crippen LogP contribution >= 0.6 is 11.3 Å². The van der Waals surface area contributed by atoms with Gasteiger partial charge in [0.2, 0.25) is 15.9 Å². The van der Waals surface area contributed by atoms with E-state index in [-0.39, 0.29) is 23.9 Å². The summed E-state index contributed by atoms with van der Waals surface area (Å²) in [6.07, 6.45) is 0. The van der Waals surface area contributed by atoms with Crippen molar-refractivity contribution in [2.45, 2.75) is 25.0 Å². The Kier molecular flexibility index (Phi) is 3.76. The largest absolute Gasteiger partial charge is 0.391 e. The molecule has 2 rings (SSSR count). The van der Waals surface area contributed by atoms with Crippen molar-refractivity contribution in [2.24, 2.45) is 0 Å². The third-order valence-corrected chi connectivity index (χ3v) is 4.54. The molecule has 0 saturated heterocycles. The van der Waals surface area contributed by atoms with E-state index in [0.29, 0.717) is 10.8 Å². The van der Waals surface area contributed by atoms with Crippen LogP contribution in [-0.2, 0) is 23.2 Å². The first-order valence-electron chi connectivity index (χ1n) is 4.98. The third-order valence-electron chi connectivity index (χ3n) is 2.09. The van der Waals surface area contributed by atoms with Gasteiger partial charge in [-0.2, -0.15) is 4.98 Å². The van der Waals surface area contributed by atoms with Gasteiger partial charge in [-0.25, -0.2) is 13.1 Å². The molecule has 18 heavy (non-hydrogen) atoms. The number of nitrogens with zero attached hydrogens (tertiary/aromatic N) is 2. The normalized spacial score (nSPS) is 11.9. The first-order valence-corrected chi connectivity index (χ1v) is 7.34. The van der Waals surface area contributed by atoms with Crippen LogP contribution in [0.25, 0.3) is 0 Å². The second kappa shape index (κ2) is 5.14. The Morgan fingerprint density at radius 2 is 2.33 bits per heavy atom. The standard InChI is InChI=1S/C9H11N3O4S2/c1-6-11-9(12-16-6)3-10-18(14,15)8-2-7(4-13)17-5-8/h2,5,10,13H,3-4H2,1H3. The molecule has 0 aromatic carbocycles. The maximum absolute atomic E-state index is 11.9. The highest BCUT2D eigenvalue weighted by molar-refractivity contribution is 7.89. The molecule has 0 bridgehead atoms. The lowest BCUT2D eigenvalue weighted by Crippen LogP contribution is -2.23. The summed E-state index contributed by atoms with van der Waals surface area (Å²) in [5, 5.41) is 13.9. The molecule has 0 aliphatic carbocycles. The lowest BCUT2D eigenvalue weighted by Gasteiger charge is -2.01. The van der Waals surface area contributed by atoms with E-state index in [4.69, 9.17) is 9.63 Å². The number of hydrogen-bond donors (Lipinski definition) is 2. The van der Waals surface area contributed by atoms with Crippen molar-refractivity contribution in [1.82, 2.24) is 14.9 Å². The molecule has 0 unspecified atom stereocenters. The summed E-state index contributed by atoms with van der Waals surface area (Å²) in [6, 6.07) is 1.43. The Morgan fingerprint density at radius 1 is 1.56 bits per heavy atom. The van der Waals surface area contributed by atoms with Gasteiger partial charge in [0.25, 0.3) is 0 Å². The first kappa shape index (κ1) is 13.1. The van der Waals surface area contributed by atoms with Gasteiger partial charge in [0, 0.05) is 17.2 Å². The summed E-state index contributed by atoms with van der Waals surface area (Å²) in [6.45, 7) is 1.41. The highest BCUT2D eigenvalue weighted by atomic mass is 32.2. The number of aromatic nitrogens is 2. The Hall–Kier alpha value is -1.29. The fourth-order valence-electron chi connectivity index (χ4n) is 1.24. The number of aryl methyl sites for hydroxylation is 1. The lowest BCUT2D eigenvalue weighted by atomic mass is 10.5. The van der Waals surface area contributed by atoms with Crippen LogP contribution in [0.4, 0.5) is 0 Å². The smallest absolute Gasteiger partial charge is 0.241 e. The maximum Gasteiger partial charge on any atom is 0.241 e. The summed E-state index contributed by atoms with van der Waals surface area (Å²) in [7, 11) is -3.61. The Balaban J connectivity index is 2.07. The molecule has 0 saturated carbocycles. The SMILES string of the molecule is Cc1nc(CNS(=O)(=O)c2csc(CO)c2)no1. The van der Waals surface area contributed by atoms with E-state index in [1.165, 1.54) is 22.8 Å².